The normalized spacial score (nSPS) is 11.2. The van der Waals surface area contributed by atoms with E-state index in [0.29, 0.717) is 17.9 Å². The standard InChI is InChI=1S/C13H18O2S/c1-13(2,3)10-6-4-5-7-11(10)15-12(14)8-9-16/h4-7,16H,8-9H2,1-3H3. The van der Waals surface area contributed by atoms with Crippen molar-refractivity contribution in [3.8, 4) is 5.75 Å². The summed E-state index contributed by atoms with van der Waals surface area (Å²) in [5, 5.41) is 0. The summed E-state index contributed by atoms with van der Waals surface area (Å²) in [5.41, 5.74) is 1.01. The highest BCUT2D eigenvalue weighted by Gasteiger charge is 2.19. The lowest BCUT2D eigenvalue weighted by atomic mass is 9.86. The molecule has 0 N–H and O–H groups in total. The second kappa shape index (κ2) is 5.39. The minimum atomic E-state index is -0.230. The topological polar surface area (TPSA) is 26.3 Å². The van der Waals surface area contributed by atoms with E-state index in [1.807, 2.05) is 24.3 Å². The number of ether oxygens (including phenoxy) is 1. The summed E-state index contributed by atoms with van der Waals surface area (Å²) < 4.78 is 5.32. The fourth-order valence-corrected chi connectivity index (χ4v) is 1.62. The van der Waals surface area contributed by atoms with Gasteiger partial charge in [-0.05, 0) is 11.5 Å². The zero-order chi connectivity index (χ0) is 12.2. The molecule has 0 aliphatic heterocycles. The summed E-state index contributed by atoms with van der Waals surface area (Å²) in [5.74, 6) is 0.935. The van der Waals surface area contributed by atoms with Gasteiger partial charge < -0.3 is 4.74 Å². The van der Waals surface area contributed by atoms with Gasteiger partial charge in [-0.1, -0.05) is 39.0 Å². The molecule has 0 unspecified atom stereocenters. The predicted molar refractivity (Wildman–Crippen MR) is 69.2 cm³/mol. The summed E-state index contributed by atoms with van der Waals surface area (Å²) in [6.45, 7) is 6.29. The molecule has 1 aromatic rings. The van der Waals surface area contributed by atoms with Crippen molar-refractivity contribution in [2.75, 3.05) is 5.75 Å². The molecule has 2 nitrogen and oxygen atoms in total. The third-order valence-electron chi connectivity index (χ3n) is 2.23. The van der Waals surface area contributed by atoms with E-state index in [2.05, 4.69) is 33.4 Å². The van der Waals surface area contributed by atoms with Gasteiger partial charge in [0.1, 0.15) is 5.75 Å². The van der Waals surface area contributed by atoms with E-state index in [1.165, 1.54) is 0 Å². The van der Waals surface area contributed by atoms with Crippen LogP contribution < -0.4 is 4.74 Å². The van der Waals surface area contributed by atoms with Crippen molar-refractivity contribution in [2.24, 2.45) is 0 Å². The molecular weight excluding hydrogens is 220 g/mol. The fourth-order valence-electron chi connectivity index (χ4n) is 1.44. The summed E-state index contributed by atoms with van der Waals surface area (Å²) in [4.78, 5) is 11.4. The third-order valence-corrected chi connectivity index (χ3v) is 2.46. The van der Waals surface area contributed by atoms with E-state index in [4.69, 9.17) is 4.74 Å². The first-order chi connectivity index (χ1) is 7.45. The predicted octanol–water partition coefficient (Wildman–Crippen LogP) is 3.21. The van der Waals surface area contributed by atoms with Crippen molar-refractivity contribution >= 4 is 18.6 Å². The average molecular weight is 238 g/mol. The van der Waals surface area contributed by atoms with Gasteiger partial charge in [0, 0.05) is 11.3 Å². The summed E-state index contributed by atoms with van der Waals surface area (Å²) in [7, 11) is 0. The Morgan fingerprint density at radius 3 is 2.50 bits per heavy atom. The SMILES string of the molecule is CC(C)(C)c1ccccc1OC(=O)CCS. The van der Waals surface area contributed by atoms with Crippen LogP contribution in [0, 0.1) is 0 Å². The molecular formula is C13H18O2S. The number of thiol groups is 1. The van der Waals surface area contributed by atoms with Gasteiger partial charge in [0.05, 0.1) is 6.42 Å². The zero-order valence-electron chi connectivity index (χ0n) is 9.99. The maximum absolute atomic E-state index is 11.4. The van der Waals surface area contributed by atoms with Crippen molar-refractivity contribution in [1.29, 1.82) is 0 Å². The molecule has 0 radical (unpaired) electrons. The Balaban J connectivity index is 2.92. The van der Waals surface area contributed by atoms with E-state index in [0.717, 1.165) is 5.56 Å². The Labute approximate surface area is 102 Å². The van der Waals surface area contributed by atoms with Crippen LogP contribution in [0.1, 0.15) is 32.8 Å². The molecule has 0 bridgehead atoms. The highest BCUT2D eigenvalue weighted by molar-refractivity contribution is 7.80. The lowest BCUT2D eigenvalue weighted by Crippen LogP contribution is -2.16. The van der Waals surface area contributed by atoms with Crippen LogP contribution in [-0.4, -0.2) is 11.7 Å². The van der Waals surface area contributed by atoms with Gasteiger partial charge in [-0.15, -0.1) is 0 Å². The number of para-hydroxylation sites is 1. The van der Waals surface area contributed by atoms with Gasteiger partial charge in [-0.3, -0.25) is 4.79 Å². The largest absolute Gasteiger partial charge is 0.426 e. The Hall–Kier alpha value is -0.960. The average Bonchev–Trinajstić information content (AvgIpc) is 2.17. The van der Waals surface area contributed by atoms with E-state index in [-0.39, 0.29) is 11.4 Å². The van der Waals surface area contributed by atoms with Crippen molar-refractivity contribution in [3.05, 3.63) is 29.8 Å². The van der Waals surface area contributed by atoms with Gasteiger partial charge in [0.15, 0.2) is 0 Å². The van der Waals surface area contributed by atoms with Crippen LogP contribution in [0.4, 0.5) is 0 Å². The van der Waals surface area contributed by atoms with Gasteiger partial charge in [0.25, 0.3) is 0 Å². The molecule has 0 aliphatic rings. The number of benzene rings is 1. The Kier molecular flexibility index (Phi) is 4.42. The first-order valence-corrected chi connectivity index (χ1v) is 5.99. The highest BCUT2D eigenvalue weighted by Crippen LogP contribution is 2.31. The molecule has 0 heterocycles. The van der Waals surface area contributed by atoms with Crippen LogP contribution in [-0.2, 0) is 10.2 Å². The van der Waals surface area contributed by atoms with E-state index in [9.17, 15) is 4.79 Å². The Morgan fingerprint density at radius 2 is 1.94 bits per heavy atom. The fraction of sp³-hybridized carbons (Fsp3) is 0.462. The molecule has 0 spiro atoms. The van der Waals surface area contributed by atoms with Crippen LogP contribution in [0.2, 0.25) is 0 Å². The number of carbonyl (C=O) groups excluding carboxylic acids is 1. The van der Waals surface area contributed by atoms with Crippen LogP contribution in [0.3, 0.4) is 0 Å². The van der Waals surface area contributed by atoms with Crippen molar-refractivity contribution in [3.63, 3.8) is 0 Å². The third kappa shape index (κ3) is 3.56. The lowest BCUT2D eigenvalue weighted by molar-refractivity contribution is -0.133. The molecule has 1 aromatic carbocycles. The minimum Gasteiger partial charge on any atom is -0.426 e. The highest BCUT2D eigenvalue weighted by atomic mass is 32.1. The Morgan fingerprint density at radius 1 is 1.31 bits per heavy atom. The van der Waals surface area contributed by atoms with Crippen molar-refractivity contribution in [2.45, 2.75) is 32.6 Å². The first-order valence-electron chi connectivity index (χ1n) is 5.36. The monoisotopic (exact) mass is 238 g/mol. The molecule has 0 saturated carbocycles. The smallest absolute Gasteiger partial charge is 0.312 e. The molecule has 0 fully saturated rings. The summed E-state index contributed by atoms with van der Waals surface area (Å²) >= 11 is 4.01. The van der Waals surface area contributed by atoms with Crippen LogP contribution in [0.5, 0.6) is 5.75 Å². The van der Waals surface area contributed by atoms with E-state index < -0.39 is 0 Å². The Bertz CT molecular complexity index is 366. The summed E-state index contributed by atoms with van der Waals surface area (Å²) in [6, 6.07) is 7.65. The van der Waals surface area contributed by atoms with Gasteiger partial charge in [-0.2, -0.15) is 12.6 Å². The molecule has 1 rings (SSSR count). The second-order valence-electron chi connectivity index (χ2n) is 4.69. The van der Waals surface area contributed by atoms with Crippen molar-refractivity contribution < 1.29 is 9.53 Å². The maximum Gasteiger partial charge on any atom is 0.312 e. The quantitative estimate of drug-likeness (QED) is 0.497. The number of esters is 1. The van der Waals surface area contributed by atoms with Gasteiger partial charge >= 0.3 is 5.97 Å². The van der Waals surface area contributed by atoms with Gasteiger partial charge in [-0.25, -0.2) is 0 Å². The number of carbonyl (C=O) groups is 1. The molecule has 0 aliphatic carbocycles. The minimum absolute atomic E-state index is 0.0299. The van der Waals surface area contributed by atoms with Crippen molar-refractivity contribution in [1.82, 2.24) is 0 Å². The molecule has 3 heteroatoms. The van der Waals surface area contributed by atoms with Crippen LogP contribution >= 0.6 is 12.6 Å². The molecule has 0 atom stereocenters. The number of hydrogen-bond acceptors (Lipinski definition) is 3. The number of hydrogen-bond donors (Lipinski definition) is 1. The van der Waals surface area contributed by atoms with Crippen LogP contribution in [0.25, 0.3) is 0 Å². The van der Waals surface area contributed by atoms with Crippen LogP contribution in [0.15, 0.2) is 24.3 Å². The molecule has 0 amide bonds. The lowest BCUT2D eigenvalue weighted by Gasteiger charge is -2.21. The van der Waals surface area contributed by atoms with E-state index in [1.54, 1.807) is 0 Å². The molecule has 16 heavy (non-hydrogen) atoms. The van der Waals surface area contributed by atoms with E-state index >= 15 is 0 Å². The zero-order valence-corrected chi connectivity index (χ0v) is 10.9. The first kappa shape index (κ1) is 13.1. The second-order valence-corrected chi connectivity index (χ2v) is 5.14. The molecule has 88 valence electrons. The van der Waals surface area contributed by atoms with Gasteiger partial charge in [0.2, 0.25) is 0 Å². The molecule has 0 saturated heterocycles. The summed E-state index contributed by atoms with van der Waals surface area (Å²) in [6.07, 6.45) is 0.335. The number of rotatable bonds is 3. The molecule has 0 aromatic heterocycles. The maximum atomic E-state index is 11.4.